The number of nitrogens with zero attached hydrogens (tertiary/aromatic N) is 1. The van der Waals surface area contributed by atoms with Crippen LogP contribution in [0.4, 0.5) is 5.69 Å². The Hall–Kier alpha value is -2.58. The van der Waals surface area contributed by atoms with E-state index in [0.717, 1.165) is 12.8 Å². The number of hydrogen-bond acceptors (Lipinski definition) is 5. The van der Waals surface area contributed by atoms with Gasteiger partial charge < -0.3 is 14.8 Å². The van der Waals surface area contributed by atoms with Gasteiger partial charge >= 0.3 is 0 Å². The minimum Gasteiger partial charge on any atom is -0.497 e. The summed E-state index contributed by atoms with van der Waals surface area (Å²) in [6, 6.07) is 13.1. The van der Waals surface area contributed by atoms with E-state index in [1.165, 1.54) is 11.4 Å². The molecule has 1 atom stereocenters. The highest BCUT2D eigenvalue weighted by atomic mass is 32.2. The number of benzene rings is 2. The van der Waals surface area contributed by atoms with Gasteiger partial charge in [0.25, 0.3) is 0 Å². The molecule has 8 heteroatoms. The van der Waals surface area contributed by atoms with Gasteiger partial charge in [-0.2, -0.15) is 4.31 Å². The molecule has 7 nitrogen and oxygen atoms in total. The summed E-state index contributed by atoms with van der Waals surface area (Å²) in [5, 5.41) is 2.83. The molecule has 0 radical (unpaired) electrons. The molecule has 2 aromatic rings. The minimum absolute atomic E-state index is 0.0846. The van der Waals surface area contributed by atoms with E-state index in [0.29, 0.717) is 30.2 Å². The Balaban J connectivity index is 1.75. The number of piperidine rings is 1. The fraction of sp³-hybridized carbons (Fsp3) is 0.381. The Morgan fingerprint density at radius 1 is 1.10 bits per heavy atom. The molecule has 0 aromatic heterocycles. The molecule has 29 heavy (non-hydrogen) atoms. The fourth-order valence-electron chi connectivity index (χ4n) is 3.54. The monoisotopic (exact) mass is 418 g/mol. The van der Waals surface area contributed by atoms with Crippen molar-refractivity contribution in [2.45, 2.75) is 36.6 Å². The van der Waals surface area contributed by atoms with Crippen molar-refractivity contribution in [3.8, 4) is 11.5 Å². The molecule has 0 unspecified atom stereocenters. The van der Waals surface area contributed by atoms with Crippen LogP contribution in [0.5, 0.6) is 11.5 Å². The van der Waals surface area contributed by atoms with Gasteiger partial charge in [-0.15, -0.1) is 0 Å². The maximum atomic E-state index is 13.1. The van der Waals surface area contributed by atoms with Crippen molar-refractivity contribution in [3.63, 3.8) is 0 Å². The first-order valence-corrected chi connectivity index (χ1v) is 11.0. The normalized spacial score (nSPS) is 17.5. The Morgan fingerprint density at radius 3 is 2.55 bits per heavy atom. The third-order valence-corrected chi connectivity index (χ3v) is 6.99. The Labute approximate surface area is 171 Å². The first-order valence-electron chi connectivity index (χ1n) is 9.54. The second-order valence-electron chi connectivity index (χ2n) is 6.90. The molecule has 1 heterocycles. The molecule has 1 N–H and O–H groups in total. The van der Waals surface area contributed by atoms with E-state index in [-0.39, 0.29) is 23.3 Å². The van der Waals surface area contributed by atoms with Crippen molar-refractivity contribution in [1.29, 1.82) is 0 Å². The summed E-state index contributed by atoms with van der Waals surface area (Å²) in [5.74, 6) is 0.844. The lowest BCUT2D eigenvalue weighted by Crippen LogP contribution is -2.45. The van der Waals surface area contributed by atoms with E-state index in [4.69, 9.17) is 9.47 Å². The number of nitrogens with one attached hydrogen (secondary N) is 1. The lowest BCUT2D eigenvalue weighted by molar-refractivity contribution is -0.117. The van der Waals surface area contributed by atoms with Crippen molar-refractivity contribution < 1.29 is 22.7 Å². The second kappa shape index (κ2) is 9.28. The lowest BCUT2D eigenvalue weighted by Gasteiger charge is -2.34. The Bertz CT molecular complexity index is 947. The van der Waals surface area contributed by atoms with Crippen molar-refractivity contribution in [1.82, 2.24) is 4.31 Å². The van der Waals surface area contributed by atoms with Crippen molar-refractivity contribution >= 4 is 21.6 Å². The first-order chi connectivity index (χ1) is 14.0. The largest absolute Gasteiger partial charge is 0.497 e. The smallest absolute Gasteiger partial charge is 0.243 e. The minimum atomic E-state index is -3.64. The van der Waals surface area contributed by atoms with E-state index in [1.807, 2.05) is 0 Å². The number of rotatable bonds is 7. The Morgan fingerprint density at radius 2 is 1.86 bits per heavy atom. The number of hydrogen-bond donors (Lipinski definition) is 1. The molecule has 1 fully saturated rings. The van der Waals surface area contributed by atoms with Gasteiger partial charge in [0.15, 0.2) is 0 Å². The standard InChI is InChI=1S/C21H26N2O5S/c1-27-17-11-12-19(20(15-17)28-2)22-21(24)14-16-8-6-7-13-23(16)29(25,26)18-9-4-3-5-10-18/h3-5,9-12,15-16H,6-8,13-14H2,1-2H3,(H,22,24)/t16-/m0/s1. The third kappa shape index (κ3) is 4.89. The zero-order valence-corrected chi connectivity index (χ0v) is 17.4. The predicted octanol–water partition coefficient (Wildman–Crippen LogP) is 3.28. The quantitative estimate of drug-likeness (QED) is 0.746. The van der Waals surface area contributed by atoms with Crippen LogP contribution in [0.25, 0.3) is 0 Å². The van der Waals surface area contributed by atoms with Crippen LogP contribution in [0.1, 0.15) is 25.7 Å². The fourth-order valence-corrected chi connectivity index (χ4v) is 5.25. The lowest BCUT2D eigenvalue weighted by atomic mass is 10.0. The average Bonchev–Trinajstić information content (AvgIpc) is 2.75. The number of carbonyl (C=O) groups excluding carboxylic acids is 1. The third-order valence-electron chi connectivity index (χ3n) is 5.03. The van der Waals surface area contributed by atoms with E-state index in [1.54, 1.807) is 55.6 Å². The summed E-state index contributed by atoms with van der Waals surface area (Å²) >= 11 is 0. The van der Waals surface area contributed by atoms with Crippen LogP contribution in [0.15, 0.2) is 53.4 Å². The summed E-state index contributed by atoms with van der Waals surface area (Å²) in [6.07, 6.45) is 2.42. The van der Waals surface area contributed by atoms with E-state index < -0.39 is 10.0 Å². The topological polar surface area (TPSA) is 84.9 Å². The van der Waals surface area contributed by atoms with Crippen LogP contribution in [-0.4, -0.2) is 45.4 Å². The van der Waals surface area contributed by atoms with Crippen LogP contribution >= 0.6 is 0 Å². The SMILES string of the molecule is COc1ccc(NC(=O)C[C@@H]2CCCCN2S(=O)(=O)c2ccccc2)c(OC)c1. The van der Waals surface area contributed by atoms with Gasteiger partial charge in [-0.3, -0.25) is 4.79 Å². The number of carbonyl (C=O) groups is 1. The predicted molar refractivity (Wildman–Crippen MR) is 111 cm³/mol. The molecule has 3 rings (SSSR count). The molecule has 2 aromatic carbocycles. The van der Waals surface area contributed by atoms with Gasteiger partial charge in [-0.25, -0.2) is 8.42 Å². The van der Waals surface area contributed by atoms with Gasteiger partial charge in [-0.05, 0) is 37.1 Å². The highest BCUT2D eigenvalue weighted by molar-refractivity contribution is 7.89. The maximum absolute atomic E-state index is 13.1. The average molecular weight is 419 g/mol. The molecule has 0 saturated carbocycles. The van der Waals surface area contributed by atoms with Gasteiger partial charge in [-0.1, -0.05) is 24.6 Å². The van der Waals surface area contributed by atoms with E-state index >= 15 is 0 Å². The number of amides is 1. The summed E-state index contributed by atoms with van der Waals surface area (Å²) in [5.41, 5.74) is 0.520. The molecule has 1 aliphatic heterocycles. The second-order valence-corrected chi connectivity index (χ2v) is 8.79. The molecular formula is C21H26N2O5S. The van der Waals surface area contributed by atoms with Crippen molar-refractivity contribution in [2.75, 3.05) is 26.1 Å². The summed E-state index contributed by atoms with van der Waals surface area (Å²) < 4.78 is 38.1. The summed E-state index contributed by atoms with van der Waals surface area (Å²) in [4.78, 5) is 12.9. The number of anilines is 1. The van der Waals surface area contributed by atoms with Crippen molar-refractivity contribution in [2.24, 2.45) is 0 Å². The summed E-state index contributed by atoms with van der Waals surface area (Å²) in [6.45, 7) is 0.418. The molecule has 0 spiro atoms. The van der Waals surface area contributed by atoms with Gasteiger partial charge in [0, 0.05) is 25.1 Å². The van der Waals surface area contributed by atoms with Gasteiger partial charge in [0.2, 0.25) is 15.9 Å². The highest BCUT2D eigenvalue weighted by Crippen LogP contribution is 2.31. The number of ether oxygens (including phenoxy) is 2. The van der Waals surface area contributed by atoms with Crippen LogP contribution in [-0.2, 0) is 14.8 Å². The summed E-state index contributed by atoms with van der Waals surface area (Å²) in [7, 11) is -0.572. The van der Waals surface area contributed by atoms with E-state index in [9.17, 15) is 13.2 Å². The zero-order chi connectivity index (χ0) is 20.9. The molecule has 156 valence electrons. The first kappa shape index (κ1) is 21.1. The molecule has 0 aliphatic carbocycles. The maximum Gasteiger partial charge on any atom is 0.243 e. The Kier molecular flexibility index (Phi) is 6.76. The molecule has 0 bridgehead atoms. The van der Waals surface area contributed by atoms with Crippen LogP contribution in [0.3, 0.4) is 0 Å². The van der Waals surface area contributed by atoms with Gasteiger partial charge in [0.05, 0.1) is 24.8 Å². The molecule has 1 aliphatic rings. The van der Waals surface area contributed by atoms with Crippen molar-refractivity contribution in [3.05, 3.63) is 48.5 Å². The van der Waals surface area contributed by atoms with Gasteiger partial charge in [0.1, 0.15) is 11.5 Å². The zero-order valence-electron chi connectivity index (χ0n) is 16.6. The van der Waals surface area contributed by atoms with Crippen LogP contribution in [0.2, 0.25) is 0 Å². The molecule has 1 saturated heterocycles. The van der Waals surface area contributed by atoms with Crippen LogP contribution in [0, 0.1) is 0 Å². The highest BCUT2D eigenvalue weighted by Gasteiger charge is 2.34. The molecular weight excluding hydrogens is 392 g/mol. The van der Waals surface area contributed by atoms with E-state index in [2.05, 4.69) is 5.32 Å². The van der Waals surface area contributed by atoms with Crippen LogP contribution < -0.4 is 14.8 Å². The molecule has 1 amide bonds. The number of methoxy groups -OCH3 is 2. The number of sulfonamides is 1.